The highest BCUT2D eigenvalue weighted by atomic mass is 35.5. The number of nitrogens with one attached hydrogen (secondary N) is 2. The van der Waals surface area contributed by atoms with E-state index in [2.05, 4.69) is 15.6 Å². The Labute approximate surface area is 98.7 Å². The summed E-state index contributed by atoms with van der Waals surface area (Å²) in [6, 6.07) is 4.77. The van der Waals surface area contributed by atoms with Crippen molar-refractivity contribution in [3.63, 3.8) is 0 Å². The van der Waals surface area contributed by atoms with E-state index in [9.17, 15) is 4.79 Å². The number of guanidine groups is 1. The molecule has 2 amide bonds. The predicted octanol–water partition coefficient (Wildman–Crippen LogP) is 1.71. The van der Waals surface area contributed by atoms with Crippen molar-refractivity contribution in [1.82, 2.24) is 5.32 Å². The highest BCUT2D eigenvalue weighted by Crippen LogP contribution is 2.19. The SMILES string of the molecule is CN=C(N)NC(=O)Nc1ccc(C)c(Cl)c1. The minimum Gasteiger partial charge on any atom is -0.370 e. The van der Waals surface area contributed by atoms with Gasteiger partial charge in [-0.2, -0.15) is 0 Å². The number of halogens is 1. The summed E-state index contributed by atoms with van der Waals surface area (Å²) in [5.74, 6) is 0.0516. The van der Waals surface area contributed by atoms with Crippen molar-refractivity contribution in [2.24, 2.45) is 10.7 Å². The number of hydrogen-bond donors (Lipinski definition) is 3. The van der Waals surface area contributed by atoms with Crippen molar-refractivity contribution in [2.75, 3.05) is 12.4 Å². The molecule has 4 N–H and O–H groups in total. The van der Waals surface area contributed by atoms with Gasteiger partial charge in [-0.3, -0.25) is 10.3 Å². The third-order valence-electron chi connectivity index (χ3n) is 1.91. The van der Waals surface area contributed by atoms with Crippen LogP contribution in [-0.2, 0) is 0 Å². The average molecular weight is 241 g/mol. The molecule has 0 aromatic heterocycles. The first kappa shape index (κ1) is 12.3. The number of hydrogen-bond acceptors (Lipinski definition) is 2. The molecule has 6 heteroatoms. The molecule has 0 saturated heterocycles. The minimum absolute atomic E-state index is 0.0516. The molecule has 1 rings (SSSR count). The van der Waals surface area contributed by atoms with Crippen molar-refractivity contribution in [1.29, 1.82) is 0 Å². The second-order valence-corrected chi connectivity index (χ2v) is 3.56. The summed E-state index contributed by atoms with van der Waals surface area (Å²) < 4.78 is 0. The van der Waals surface area contributed by atoms with Crippen LogP contribution in [0.4, 0.5) is 10.5 Å². The molecular formula is C10H13ClN4O. The molecule has 0 bridgehead atoms. The Morgan fingerprint density at radius 2 is 2.19 bits per heavy atom. The van der Waals surface area contributed by atoms with Gasteiger partial charge in [0.15, 0.2) is 5.96 Å². The Hall–Kier alpha value is -1.75. The zero-order chi connectivity index (χ0) is 12.1. The second kappa shape index (κ2) is 5.37. The van der Waals surface area contributed by atoms with Gasteiger partial charge in [-0.05, 0) is 24.6 Å². The Morgan fingerprint density at radius 1 is 1.50 bits per heavy atom. The quantitative estimate of drug-likeness (QED) is 0.516. The van der Waals surface area contributed by atoms with E-state index in [0.29, 0.717) is 10.7 Å². The van der Waals surface area contributed by atoms with E-state index in [4.69, 9.17) is 17.3 Å². The van der Waals surface area contributed by atoms with Crippen LogP contribution in [0.15, 0.2) is 23.2 Å². The molecule has 0 aliphatic rings. The molecule has 0 aliphatic carbocycles. The Bertz CT molecular complexity index is 431. The Morgan fingerprint density at radius 3 is 2.75 bits per heavy atom. The van der Waals surface area contributed by atoms with Crippen molar-refractivity contribution < 1.29 is 4.79 Å². The van der Waals surface area contributed by atoms with Gasteiger partial charge in [0, 0.05) is 17.8 Å². The molecular weight excluding hydrogens is 228 g/mol. The molecule has 0 aliphatic heterocycles. The van der Waals surface area contributed by atoms with Crippen molar-refractivity contribution in [2.45, 2.75) is 6.92 Å². The highest BCUT2D eigenvalue weighted by Gasteiger charge is 2.04. The molecule has 0 spiro atoms. The molecule has 0 fully saturated rings. The molecule has 0 atom stereocenters. The van der Waals surface area contributed by atoms with Crippen LogP contribution >= 0.6 is 11.6 Å². The molecule has 1 aromatic carbocycles. The van der Waals surface area contributed by atoms with Gasteiger partial charge in [0.05, 0.1) is 0 Å². The van der Waals surface area contributed by atoms with Gasteiger partial charge in [-0.25, -0.2) is 4.79 Å². The lowest BCUT2D eigenvalue weighted by molar-refractivity contribution is 0.256. The molecule has 0 radical (unpaired) electrons. The zero-order valence-electron chi connectivity index (χ0n) is 9.04. The number of aliphatic imine (C=N–C) groups is 1. The Kier molecular flexibility index (Phi) is 4.13. The molecule has 0 unspecified atom stereocenters. The van der Waals surface area contributed by atoms with Crippen molar-refractivity contribution in [3.8, 4) is 0 Å². The number of nitrogens with two attached hydrogens (primary N) is 1. The van der Waals surface area contributed by atoms with Crippen LogP contribution in [0.5, 0.6) is 0 Å². The van der Waals surface area contributed by atoms with Gasteiger partial charge >= 0.3 is 6.03 Å². The maximum atomic E-state index is 11.4. The number of carbonyl (C=O) groups is 1. The van der Waals surface area contributed by atoms with E-state index < -0.39 is 6.03 Å². The predicted molar refractivity (Wildman–Crippen MR) is 65.9 cm³/mol. The lowest BCUT2D eigenvalue weighted by Gasteiger charge is -2.07. The molecule has 1 aromatic rings. The van der Waals surface area contributed by atoms with Crippen LogP contribution < -0.4 is 16.4 Å². The van der Waals surface area contributed by atoms with Gasteiger partial charge in [-0.1, -0.05) is 17.7 Å². The minimum atomic E-state index is -0.456. The fourth-order valence-corrected chi connectivity index (χ4v) is 1.19. The lowest BCUT2D eigenvalue weighted by atomic mass is 10.2. The largest absolute Gasteiger partial charge is 0.370 e. The summed E-state index contributed by atoms with van der Waals surface area (Å²) in [5, 5.41) is 5.52. The third kappa shape index (κ3) is 3.43. The van der Waals surface area contributed by atoms with Gasteiger partial charge < -0.3 is 11.1 Å². The fourth-order valence-electron chi connectivity index (χ4n) is 1.01. The highest BCUT2D eigenvalue weighted by molar-refractivity contribution is 6.31. The monoisotopic (exact) mass is 240 g/mol. The van der Waals surface area contributed by atoms with E-state index in [1.54, 1.807) is 12.1 Å². The standard InChI is InChI=1S/C10H13ClN4O/c1-6-3-4-7(5-8(6)11)14-10(16)15-9(12)13-2/h3-5H,1-2H3,(H4,12,13,14,15,16). The van der Waals surface area contributed by atoms with Gasteiger partial charge in [0.25, 0.3) is 0 Å². The number of benzene rings is 1. The molecule has 86 valence electrons. The topological polar surface area (TPSA) is 79.5 Å². The lowest BCUT2D eigenvalue weighted by Crippen LogP contribution is -2.39. The van der Waals surface area contributed by atoms with E-state index in [1.807, 2.05) is 13.0 Å². The summed E-state index contributed by atoms with van der Waals surface area (Å²) in [6.07, 6.45) is 0. The number of nitrogens with zero attached hydrogens (tertiary/aromatic N) is 1. The number of anilines is 1. The van der Waals surface area contributed by atoms with Gasteiger partial charge in [-0.15, -0.1) is 0 Å². The molecule has 16 heavy (non-hydrogen) atoms. The van der Waals surface area contributed by atoms with Crippen LogP contribution in [0.2, 0.25) is 5.02 Å². The van der Waals surface area contributed by atoms with Crippen molar-refractivity contribution >= 4 is 29.3 Å². The Balaban J connectivity index is 2.66. The average Bonchev–Trinajstić information content (AvgIpc) is 2.23. The van der Waals surface area contributed by atoms with Crippen LogP contribution in [0.1, 0.15) is 5.56 Å². The summed E-state index contributed by atoms with van der Waals surface area (Å²) in [4.78, 5) is 15.0. The van der Waals surface area contributed by atoms with E-state index in [1.165, 1.54) is 7.05 Å². The van der Waals surface area contributed by atoms with E-state index >= 15 is 0 Å². The zero-order valence-corrected chi connectivity index (χ0v) is 9.80. The van der Waals surface area contributed by atoms with Gasteiger partial charge in [0.2, 0.25) is 0 Å². The van der Waals surface area contributed by atoms with Crippen LogP contribution in [0, 0.1) is 6.92 Å². The molecule has 5 nitrogen and oxygen atoms in total. The number of aryl methyl sites for hydroxylation is 1. The summed E-state index contributed by atoms with van der Waals surface area (Å²) in [5.41, 5.74) is 6.87. The first-order valence-electron chi connectivity index (χ1n) is 4.59. The summed E-state index contributed by atoms with van der Waals surface area (Å²) in [7, 11) is 1.48. The van der Waals surface area contributed by atoms with Crippen LogP contribution in [0.25, 0.3) is 0 Å². The van der Waals surface area contributed by atoms with E-state index in [-0.39, 0.29) is 5.96 Å². The number of amides is 2. The summed E-state index contributed by atoms with van der Waals surface area (Å²) >= 11 is 5.91. The van der Waals surface area contributed by atoms with Crippen LogP contribution in [-0.4, -0.2) is 19.0 Å². The smallest absolute Gasteiger partial charge is 0.325 e. The summed E-state index contributed by atoms with van der Waals surface area (Å²) in [6.45, 7) is 1.88. The third-order valence-corrected chi connectivity index (χ3v) is 2.32. The number of rotatable bonds is 1. The number of carbonyl (C=O) groups excluding carboxylic acids is 1. The molecule has 0 heterocycles. The fraction of sp³-hybridized carbons (Fsp3) is 0.200. The maximum Gasteiger partial charge on any atom is 0.325 e. The first-order chi connectivity index (χ1) is 7.52. The first-order valence-corrected chi connectivity index (χ1v) is 4.97. The normalized spacial score (nSPS) is 11.1. The van der Waals surface area contributed by atoms with Crippen molar-refractivity contribution in [3.05, 3.63) is 28.8 Å². The van der Waals surface area contributed by atoms with Gasteiger partial charge in [0.1, 0.15) is 0 Å². The number of urea groups is 1. The van der Waals surface area contributed by atoms with Crippen LogP contribution in [0.3, 0.4) is 0 Å². The second-order valence-electron chi connectivity index (χ2n) is 3.15. The maximum absolute atomic E-state index is 11.4. The molecule has 0 saturated carbocycles. The van der Waals surface area contributed by atoms with E-state index in [0.717, 1.165) is 5.56 Å².